The van der Waals surface area contributed by atoms with E-state index >= 15 is 0 Å². The Labute approximate surface area is 64.3 Å². The van der Waals surface area contributed by atoms with Gasteiger partial charge in [-0.25, -0.2) is 0 Å². The quantitative estimate of drug-likeness (QED) is 0.626. The van der Waals surface area contributed by atoms with Gasteiger partial charge < -0.3 is 0 Å². The van der Waals surface area contributed by atoms with Crippen LogP contribution in [0.25, 0.3) is 0 Å². The summed E-state index contributed by atoms with van der Waals surface area (Å²) in [5.41, 5.74) is 0. The molecular formula is C7H11BrO. The van der Waals surface area contributed by atoms with E-state index < -0.39 is 0 Å². The molecule has 52 valence electrons. The van der Waals surface area contributed by atoms with Gasteiger partial charge in [-0.1, -0.05) is 19.4 Å². The van der Waals surface area contributed by atoms with Crippen LogP contribution in [0.2, 0.25) is 0 Å². The molecule has 0 bridgehead atoms. The molecule has 0 radical (unpaired) electrons. The molecule has 0 rings (SSSR count). The Hall–Kier alpha value is -0.110. The second-order valence-electron chi connectivity index (χ2n) is 1.90. The number of allylic oxidation sites excluding steroid dienone is 2. The van der Waals surface area contributed by atoms with Gasteiger partial charge in [0.25, 0.3) is 0 Å². The molecule has 0 aromatic heterocycles. The Bertz CT molecular complexity index is 127. The first-order valence-corrected chi connectivity index (χ1v) is 3.84. The fourth-order valence-electron chi connectivity index (χ4n) is 0.415. The average Bonchev–Trinajstić information content (AvgIpc) is 1.82. The van der Waals surface area contributed by atoms with Crippen molar-refractivity contribution in [3.8, 4) is 0 Å². The zero-order chi connectivity index (χ0) is 7.28. The van der Waals surface area contributed by atoms with Crippen molar-refractivity contribution >= 4 is 21.7 Å². The van der Waals surface area contributed by atoms with E-state index in [1.807, 2.05) is 6.08 Å². The van der Waals surface area contributed by atoms with Crippen molar-refractivity contribution in [2.24, 2.45) is 0 Å². The van der Waals surface area contributed by atoms with E-state index in [4.69, 9.17) is 0 Å². The Morgan fingerprint density at radius 3 is 2.56 bits per heavy atom. The molecule has 0 atom stereocenters. The topological polar surface area (TPSA) is 17.1 Å². The van der Waals surface area contributed by atoms with Crippen LogP contribution < -0.4 is 0 Å². The molecule has 0 saturated heterocycles. The van der Waals surface area contributed by atoms with Crippen molar-refractivity contribution < 1.29 is 4.79 Å². The van der Waals surface area contributed by atoms with Gasteiger partial charge in [0.1, 0.15) is 0 Å². The number of rotatable bonds is 3. The first kappa shape index (κ1) is 8.89. The molecule has 0 fully saturated rings. The fourth-order valence-corrected chi connectivity index (χ4v) is 0.644. The smallest absolute Gasteiger partial charge is 0.166 e. The number of Topliss-reactive ketones (excluding diaryl/α,β-unsaturated/α-hetero) is 1. The monoisotopic (exact) mass is 190 g/mol. The number of hydrogen-bond donors (Lipinski definition) is 0. The number of unbranched alkanes of at least 4 members (excludes halogenated alkanes) is 1. The summed E-state index contributed by atoms with van der Waals surface area (Å²) in [6.45, 7) is 3.63. The molecule has 0 heterocycles. The van der Waals surface area contributed by atoms with E-state index in [9.17, 15) is 4.79 Å². The number of hydrogen-bond acceptors (Lipinski definition) is 1. The highest BCUT2D eigenvalue weighted by atomic mass is 79.9. The number of halogens is 1. The van der Waals surface area contributed by atoms with Gasteiger partial charge in [0.15, 0.2) is 5.78 Å². The van der Waals surface area contributed by atoms with Crippen molar-refractivity contribution in [2.45, 2.75) is 26.7 Å². The summed E-state index contributed by atoms with van der Waals surface area (Å²) < 4.78 is 0.698. The molecule has 1 nitrogen and oxygen atoms in total. The standard InChI is InChI=1S/C7H11BrO/c1-3-4-5-7(8)6(2)9/h5H,3-4H2,1-2H3. The molecule has 0 unspecified atom stereocenters. The van der Waals surface area contributed by atoms with Crippen LogP contribution in [0.3, 0.4) is 0 Å². The lowest BCUT2D eigenvalue weighted by Crippen LogP contribution is -1.86. The predicted octanol–water partition coefficient (Wildman–Crippen LogP) is 2.65. The van der Waals surface area contributed by atoms with Crippen molar-refractivity contribution in [3.63, 3.8) is 0 Å². The summed E-state index contributed by atoms with van der Waals surface area (Å²) in [6.07, 6.45) is 3.96. The summed E-state index contributed by atoms with van der Waals surface area (Å²) in [5, 5.41) is 0. The van der Waals surface area contributed by atoms with Crippen molar-refractivity contribution in [1.29, 1.82) is 0 Å². The van der Waals surface area contributed by atoms with Crippen LogP contribution in [0, 0.1) is 0 Å². The molecule has 0 spiro atoms. The summed E-state index contributed by atoms with van der Waals surface area (Å²) in [5.74, 6) is 0.100. The van der Waals surface area contributed by atoms with Crippen LogP contribution in [0.5, 0.6) is 0 Å². The highest BCUT2D eigenvalue weighted by molar-refractivity contribution is 9.12. The first-order chi connectivity index (χ1) is 4.18. The second-order valence-corrected chi connectivity index (χ2v) is 2.75. The van der Waals surface area contributed by atoms with Crippen LogP contribution in [0.1, 0.15) is 26.7 Å². The van der Waals surface area contributed by atoms with Gasteiger partial charge >= 0.3 is 0 Å². The van der Waals surface area contributed by atoms with Gasteiger partial charge in [-0.15, -0.1) is 0 Å². The first-order valence-electron chi connectivity index (χ1n) is 3.05. The van der Waals surface area contributed by atoms with Crippen LogP contribution in [0.15, 0.2) is 10.6 Å². The Morgan fingerprint density at radius 1 is 1.67 bits per heavy atom. The van der Waals surface area contributed by atoms with E-state index in [2.05, 4.69) is 22.9 Å². The van der Waals surface area contributed by atoms with Gasteiger partial charge in [0, 0.05) is 0 Å². The molecule has 9 heavy (non-hydrogen) atoms. The maximum Gasteiger partial charge on any atom is 0.166 e. The highest BCUT2D eigenvalue weighted by Crippen LogP contribution is 2.07. The molecule has 0 aliphatic carbocycles. The third kappa shape index (κ3) is 4.40. The Kier molecular flexibility index (Phi) is 4.68. The van der Waals surface area contributed by atoms with Crippen LogP contribution in [-0.4, -0.2) is 5.78 Å². The molecule has 0 aromatic carbocycles. The van der Waals surface area contributed by atoms with Gasteiger partial charge in [-0.2, -0.15) is 0 Å². The molecule has 0 amide bonds. The summed E-state index contributed by atoms with van der Waals surface area (Å²) in [4.78, 5) is 10.5. The molecule has 0 aliphatic rings. The van der Waals surface area contributed by atoms with E-state index in [0.717, 1.165) is 12.8 Å². The average molecular weight is 191 g/mol. The molecule has 0 saturated carbocycles. The lowest BCUT2D eigenvalue weighted by molar-refractivity contribution is -0.112. The zero-order valence-electron chi connectivity index (χ0n) is 5.78. The fraction of sp³-hybridized carbons (Fsp3) is 0.571. The number of carbonyl (C=O) groups excluding carboxylic acids is 1. The van der Waals surface area contributed by atoms with Crippen molar-refractivity contribution in [1.82, 2.24) is 0 Å². The molecule has 0 aromatic rings. The van der Waals surface area contributed by atoms with E-state index in [1.165, 1.54) is 0 Å². The van der Waals surface area contributed by atoms with Gasteiger partial charge in [-0.3, -0.25) is 4.79 Å². The highest BCUT2D eigenvalue weighted by Gasteiger charge is 1.94. The van der Waals surface area contributed by atoms with E-state index in [0.29, 0.717) is 4.48 Å². The normalized spacial score (nSPS) is 11.7. The minimum absolute atomic E-state index is 0.100. The molecule has 2 heteroatoms. The Morgan fingerprint density at radius 2 is 2.22 bits per heavy atom. The minimum atomic E-state index is 0.100. The van der Waals surface area contributed by atoms with Crippen molar-refractivity contribution in [3.05, 3.63) is 10.6 Å². The lowest BCUT2D eigenvalue weighted by atomic mass is 10.3. The molecule has 0 N–H and O–H groups in total. The summed E-state index contributed by atoms with van der Waals surface area (Å²) in [7, 11) is 0. The number of ketones is 1. The van der Waals surface area contributed by atoms with E-state index in [1.54, 1.807) is 6.92 Å². The van der Waals surface area contributed by atoms with E-state index in [-0.39, 0.29) is 5.78 Å². The second kappa shape index (κ2) is 4.74. The van der Waals surface area contributed by atoms with Crippen LogP contribution in [0.4, 0.5) is 0 Å². The Balaban J connectivity index is 3.69. The maximum atomic E-state index is 10.5. The largest absolute Gasteiger partial charge is 0.294 e. The van der Waals surface area contributed by atoms with Gasteiger partial charge in [0.05, 0.1) is 4.48 Å². The van der Waals surface area contributed by atoms with Gasteiger partial charge in [-0.05, 0) is 29.3 Å². The molecule has 0 aliphatic heterocycles. The maximum absolute atomic E-state index is 10.5. The number of carbonyl (C=O) groups is 1. The predicted molar refractivity (Wildman–Crippen MR) is 42.6 cm³/mol. The van der Waals surface area contributed by atoms with Crippen LogP contribution in [-0.2, 0) is 4.79 Å². The SMILES string of the molecule is CCCC=C(Br)C(C)=O. The molecular weight excluding hydrogens is 180 g/mol. The summed E-state index contributed by atoms with van der Waals surface area (Å²) in [6, 6.07) is 0. The van der Waals surface area contributed by atoms with Crippen LogP contribution >= 0.6 is 15.9 Å². The summed E-state index contributed by atoms with van der Waals surface area (Å²) >= 11 is 3.15. The third-order valence-corrected chi connectivity index (χ3v) is 1.83. The third-order valence-electron chi connectivity index (χ3n) is 0.949. The van der Waals surface area contributed by atoms with Crippen molar-refractivity contribution in [2.75, 3.05) is 0 Å². The minimum Gasteiger partial charge on any atom is -0.294 e. The lowest BCUT2D eigenvalue weighted by Gasteiger charge is -1.88. The van der Waals surface area contributed by atoms with Gasteiger partial charge in [0.2, 0.25) is 0 Å². The zero-order valence-corrected chi connectivity index (χ0v) is 7.36.